The number of ether oxygens (including phenoxy) is 1. The van der Waals surface area contributed by atoms with Gasteiger partial charge in [0.15, 0.2) is 12.3 Å². The van der Waals surface area contributed by atoms with Crippen LogP contribution in [0.15, 0.2) is 52.7 Å². The van der Waals surface area contributed by atoms with E-state index in [1.54, 1.807) is 23.7 Å². The molecule has 0 spiro atoms. The molecule has 3 rings (SSSR count). The molecule has 3 aromatic rings. The Morgan fingerprint density at radius 2 is 1.80 bits per heavy atom. The van der Waals surface area contributed by atoms with E-state index in [9.17, 15) is 9.90 Å². The normalized spacial score (nSPS) is 11.3. The topological polar surface area (TPSA) is 76.2 Å². The highest BCUT2D eigenvalue weighted by Gasteiger charge is 2.14. The van der Waals surface area contributed by atoms with Gasteiger partial charge in [0.25, 0.3) is 0 Å². The summed E-state index contributed by atoms with van der Waals surface area (Å²) in [6.07, 6.45) is 0. The van der Waals surface area contributed by atoms with Crippen molar-refractivity contribution in [2.24, 2.45) is 17.3 Å². The minimum absolute atomic E-state index is 0.0309. The van der Waals surface area contributed by atoms with Gasteiger partial charge in [-0.3, -0.25) is 4.79 Å². The molecule has 6 heteroatoms. The van der Waals surface area contributed by atoms with Crippen LogP contribution in [0.3, 0.4) is 0 Å². The highest BCUT2D eigenvalue weighted by Crippen LogP contribution is 2.38. The van der Waals surface area contributed by atoms with Gasteiger partial charge in [-0.15, -0.1) is 10.2 Å². The molecule has 6 nitrogen and oxygen atoms in total. The number of aryl methyl sites for hydroxylation is 3. The van der Waals surface area contributed by atoms with E-state index in [-0.39, 0.29) is 18.2 Å². The number of rotatable bonds is 4. The summed E-state index contributed by atoms with van der Waals surface area (Å²) in [5.74, 6) is 0.0408. The smallest absolute Gasteiger partial charge is 0.302 e. The summed E-state index contributed by atoms with van der Waals surface area (Å²) in [5, 5.41) is 18.6. The van der Waals surface area contributed by atoms with Crippen LogP contribution < -0.4 is 4.74 Å². The standard InChI is InChI=1S/C19H19N3O3/c1-12-4-7-14(8-5-12)25-11-17(23)20-21-18-15-10-13(2)6-9-16(15)22(3)19(18)24/h4-10,24H,11H2,1-3H3. The van der Waals surface area contributed by atoms with Crippen molar-refractivity contribution in [3.63, 3.8) is 0 Å². The molecule has 128 valence electrons. The number of carbonyl (C=O) groups excluding carboxylic acids is 1. The van der Waals surface area contributed by atoms with Crippen molar-refractivity contribution in [1.82, 2.24) is 4.57 Å². The number of aromatic hydroxyl groups is 1. The molecule has 0 atom stereocenters. The number of benzene rings is 2. The number of amides is 1. The lowest BCUT2D eigenvalue weighted by Gasteiger charge is -2.02. The SMILES string of the molecule is Cc1ccc(OCC(=O)N=Nc2c(O)n(C)c3ccc(C)cc23)cc1. The van der Waals surface area contributed by atoms with Gasteiger partial charge in [-0.05, 0) is 38.1 Å². The third-order valence-corrected chi connectivity index (χ3v) is 3.94. The van der Waals surface area contributed by atoms with Crippen molar-refractivity contribution in [3.05, 3.63) is 53.6 Å². The van der Waals surface area contributed by atoms with E-state index in [1.807, 2.05) is 44.2 Å². The number of fused-ring (bicyclic) bond motifs is 1. The number of hydrogen-bond donors (Lipinski definition) is 1. The highest BCUT2D eigenvalue weighted by atomic mass is 16.5. The maximum absolute atomic E-state index is 11.9. The zero-order valence-electron chi connectivity index (χ0n) is 14.4. The molecule has 25 heavy (non-hydrogen) atoms. The molecule has 0 fully saturated rings. The molecule has 0 bridgehead atoms. The Kier molecular flexibility index (Phi) is 4.52. The van der Waals surface area contributed by atoms with Gasteiger partial charge in [0.1, 0.15) is 5.75 Å². The van der Waals surface area contributed by atoms with Crippen molar-refractivity contribution in [2.75, 3.05) is 6.61 Å². The summed E-state index contributed by atoms with van der Waals surface area (Å²) >= 11 is 0. The van der Waals surface area contributed by atoms with Crippen LogP contribution in [0.2, 0.25) is 0 Å². The monoisotopic (exact) mass is 337 g/mol. The number of aromatic nitrogens is 1. The maximum atomic E-state index is 11.9. The summed E-state index contributed by atoms with van der Waals surface area (Å²) in [5.41, 5.74) is 3.24. The van der Waals surface area contributed by atoms with Crippen LogP contribution in [0.4, 0.5) is 5.69 Å². The first-order valence-electron chi connectivity index (χ1n) is 7.88. The molecule has 0 unspecified atom stereocenters. The van der Waals surface area contributed by atoms with Crippen molar-refractivity contribution >= 4 is 22.5 Å². The van der Waals surface area contributed by atoms with Gasteiger partial charge in [-0.25, -0.2) is 0 Å². The Morgan fingerprint density at radius 3 is 2.52 bits per heavy atom. The average molecular weight is 337 g/mol. The molecule has 0 aliphatic heterocycles. The number of nitrogens with zero attached hydrogens (tertiary/aromatic N) is 3. The second-order valence-corrected chi connectivity index (χ2v) is 5.95. The van der Waals surface area contributed by atoms with Crippen LogP contribution in [0.25, 0.3) is 10.9 Å². The van der Waals surface area contributed by atoms with Crippen LogP contribution in [-0.2, 0) is 11.8 Å². The van der Waals surface area contributed by atoms with Crippen molar-refractivity contribution in [2.45, 2.75) is 13.8 Å². The Labute approximate surface area is 145 Å². The number of hydrogen-bond acceptors (Lipinski definition) is 4. The summed E-state index contributed by atoms with van der Waals surface area (Å²) in [7, 11) is 1.73. The first-order valence-corrected chi connectivity index (χ1v) is 7.88. The van der Waals surface area contributed by atoms with Crippen molar-refractivity contribution < 1.29 is 14.6 Å². The maximum Gasteiger partial charge on any atom is 0.302 e. The van der Waals surface area contributed by atoms with Gasteiger partial charge in [-0.2, -0.15) is 0 Å². The fourth-order valence-electron chi connectivity index (χ4n) is 2.54. The fraction of sp³-hybridized carbons (Fsp3) is 0.211. The van der Waals surface area contributed by atoms with Crippen LogP contribution in [0.5, 0.6) is 11.6 Å². The minimum Gasteiger partial charge on any atom is -0.493 e. The molecule has 0 aliphatic rings. The Morgan fingerprint density at radius 1 is 1.12 bits per heavy atom. The lowest BCUT2D eigenvalue weighted by atomic mass is 10.1. The minimum atomic E-state index is -0.523. The van der Waals surface area contributed by atoms with E-state index < -0.39 is 5.91 Å². The first-order chi connectivity index (χ1) is 12.0. The van der Waals surface area contributed by atoms with Gasteiger partial charge < -0.3 is 14.4 Å². The quantitative estimate of drug-likeness (QED) is 0.725. The largest absolute Gasteiger partial charge is 0.493 e. The summed E-state index contributed by atoms with van der Waals surface area (Å²) in [6, 6.07) is 13.1. The highest BCUT2D eigenvalue weighted by molar-refractivity contribution is 5.95. The van der Waals surface area contributed by atoms with Gasteiger partial charge in [0, 0.05) is 12.4 Å². The lowest BCUT2D eigenvalue weighted by Crippen LogP contribution is -2.07. The van der Waals surface area contributed by atoms with Gasteiger partial charge in [-0.1, -0.05) is 29.3 Å². The first kappa shape index (κ1) is 16.7. The molecule has 1 heterocycles. The molecule has 0 aliphatic carbocycles. The molecule has 2 aromatic carbocycles. The van der Waals surface area contributed by atoms with Gasteiger partial charge >= 0.3 is 5.91 Å². The van der Waals surface area contributed by atoms with E-state index in [0.29, 0.717) is 5.75 Å². The van der Waals surface area contributed by atoms with E-state index >= 15 is 0 Å². The van der Waals surface area contributed by atoms with Crippen molar-refractivity contribution in [3.8, 4) is 11.6 Å². The van der Waals surface area contributed by atoms with Crippen molar-refractivity contribution in [1.29, 1.82) is 0 Å². The third kappa shape index (κ3) is 3.52. The van der Waals surface area contributed by atoms with E-state index in [0.717, 1.165) is 22.0 Å². The molecule has 1 amide bonds. The van der Waals surface area contributed by atoms with E-state index in [2.05, 4.69) is 10.2 Å². The van der Waals surface area contributed by atoms with Crippen LogP contribution in [-0.4, -0.2) is 22.2 Å². The Balaban J connectivity index is 1.76. The predicted molar refractivity (Wildman–Crippen MR) is 95.5 cm³/mol. The summed E-state index contributed by atoms with van der Waals surface area (Å²) < 4.78 is 6.99. The van der Waals surface area contributed by atoms with Crippen LogP contribution in [0.1, 0.15) is 11.1 Å². The molecule has 0 saturated heterocycles. The zero-order valence-corrected chi connectivity index (χ0v) is 14.4. The molecule has 1 aromatic heterocycles. The lowest BCUT2D eigenvalue weighted by molar-refractivity contribution is -0.120. The second kappa shape index (κ2) is 6.76. The average Bonchev–Trinajstić information content (AvgIpc) is 2.83. The molecular formula is C19H19N3O3. The third-order valence-electron chi connectivity index (χ3n) is 3.94. The van der Waals surface area contributed by atoms with Gasteiger partial charge in [0.05, 0.1) is 5.52 Å². The fourth-order valence-corrected chi connectivity index (χ4v) is 2.54. The molecular weight excluding hydrogens is 318 g/mol. The Hall–Kier alpha value is -3.15. The number of azo groups is 1. The van der Waals surface area contributed by atoms with Crippen LogP contribution >= 0.6 is 0 Å². The predicted octanol–water partition coefficient (Wildman–Crippen LogP) is 4.19. The second-order valence-electron chi connectivity index (χ2n) is 5.95. The van der Waals surface area contributed by atoms with E-state index in [4.69, 9.17) is 4.74 Å². The molecule has 1 N–H and O–H groups in total. The molecule has 0 saturated carbocycles. The zero-order chi connectivity index (χ0) is 18.0. The van der Waals surface area contributed by atoms with Gasteiger partial charge in [0.2, 0.25) is 5.88 Å². The Bertz CT molecular complexity index is 956. The molecule has 0 radical (unpaired) electrons. The summed E-state index contributed by atoms with van der Waals surface area (Å²) in [6.45, 7) is 3.71. The van der Waals surface area contributed by atoms with E-state index in [1.165, 1.54) is 0 Å². The van der Waals surface area contributed by atoms with Crippen LogP contribution in [0, 0.1) is 13.8 Å². The summed E-state index contributed by atoms with van der Waals surface area (Å²) in [4.78, 5) is 11.9. The number of carbonyl (C=O) groups is 1.